The normalized spacial score (nSPS) is 14.4. The highest BCUT2D eigenvalue weighted by Gasteiger charge is 2.23. The number of hydrogen-bond donors (Lipinski definition) is 0. The van der Waals surface area contributed by atoms with E-state index in [0.29, 0.717) is 31.3 Å². The molecule has 0 saturated heterocycles. The lowest BCUT2D eigenvalue weighted by molar-refractivity contribution is 0.297. The van der Waals surface area contributed by atoms with Crippen molar-refractivity contribution in [2.24, 2.45) is 0 Å². The van der Waals surface area contributed by atoms with Crippen LogP contribution in [0.4, 0.5) is 0 Å². The van der Waals surface area contributed by atoms with E-state index >= 15 is 0 Å². The van der Waals surface area contributed by atoms with Crippen molar-refractivity contribution in [3.05, 3.63) is 53.6 Å². The second-order valence-electron chi connectivity index (χ2n) is 6.09. The molecule has 1 heterocycles. The van der Waals surface area contributed by atoms with Crippen LogP contribution in [0, 0.1) is 0 Å². The lowest BCUT2D eigenvalue weighted by atomic mass is 10.1. The summed E-state index contributed by atoms with van der Waals surface area (Å²) in [7, 11) is -2.01. The van der Waals surface area contributed by atoms with E-state index in [1.54, 1.807) is 25.2 Å². The van der Waals surface area contributed by atoms with Gasteiger partial charge in [-0.15, -0.1) is 0 Å². The minimum atomic E-state index is -3.60. The molecule has 0 unspecified atom stereocenters. The molecule has 0 aromatic heterocycles. The van der Waals surface area contributed by atoms with Gasteiger partial charge in [0.1, 0.15) is 0 Å². The average molecular weight is 361 g/mol. The highest BCUT2D eigenvalue weighted by atomic mass is 32.2. The van der Waals surface area contributed by atoms with Gasteiger partial charge < -0.3 is 9.47 Å². The van der Waals surface area contributed by atoms with Crippen molar-refractivity contribution in [1.82, 2.24) is 4.31 Å². The van der Waals surface area contributed by atoms with Crippen LogP contribution in [-0.2, 0) is 23.0 Å². The van der Waals surface area contributed by atoms with Crippen molar-refractivity contribution in [3.63, 3.8) is 0 Å². The van der Waals surface area contributed by atoms with E-state index in [4.69, 9.17) is 9.47 Å². The Morgan fingerprint density at radius 2 is 1.60 bits per heavy atom. The van der Waals surface area contributed by atoms with Crippen molar-refractivity contribution in [1.29, 1.82) is 0 Å². The Hall–Kier alpha value is -2.05. The minimum Gasteiger partial charge on any atom is -0.490 e. The molecule has 1 aliphatic rings. The van der Waals surface area contributed by atoms with Crippen LogP contribution in [0.1, 0.15) is 24.5 Å². The molecule has 2 aromatic rings. The topological polar surface area (TPSA) is 55.8 Å². The van der Waals surface area contributed by atoms with Crippen molar-refractivity contribution < 1.29 is 17.9 Å². The number of hydrogen-bond acceptors (Lipinski definition) is 4. The quantitative estimate of drug-likeness (QED) is 0.820. The Labute approximate surface area is 149 Å². The molecule has 1 aliphatic heterocycles. The maximum Gasteiger partial charge on any atom is 0.243 e. The van der Waals surface area contributed by atoms with Gasteiger partial charge in [0, 0.05) is 26.1 Å². The zero-order valence-corrected chi connectivity index (χ0v) is 15.4. The average Bonchev–Trinajstić information content (AvgIpc) is 2.87. The second kappa shape index (κ2) is 7.45. The molecule has 0 saturated carbocycles. The Kier molecular flexibility index (Phi) is 5.30. The molecule has 134 valence electrons. The molecule has 5 nitrogen and oxygen atoms in total. The minimum absolute atomic E-state index is 0.212. The molecule has 2 aromatic carbocycles. The first-order valence-corrected chi connectivity index (χ1v) is 9.88. The molecule has 0 atom stereocenters. The number of nitrogens with zero attached hydrogens (tertiary/aromatic N) is 1. The molecule has 6 heteroatoms. The third-order valence-corrected chi connectivity index (χ3v) is 6.06. The van der Waals surface area contributed by atoms with E-state index in [1.807, 2.05) is 24.3 Å². The number of sulfonamides is 1. The molecule has 0 N–H and O–H groups in total. The van der Waals surface area contributed by atoms with Crippen LogP contribution in [0.2, 0.25) is 0 Å². The van der Waals surface area contributed by atoms with Gasteiger partial charge >= 0.3 is 0 Å². The molecule has 0 fully saturated rings. The fourth-order valence-corrected chi connectivity index (χ4v) is 3.88. The summed E-state index contributed by atoms with van der Waals surface area (Å²) in [6.45, 7) is 3.51. The summed E-state index contributed by atoms with van der Waals surface area (Å²) in [6, 6.07) is 12.8. The van der Waals surface area contributed by atoms with Gasteiger partial charge in [0.25, 0.3) is 0 Å². The van der Waals surface area contributed by atoms with E-state index in [2.05, 4.69) is 6.92 Å². The number of benzene rings is 2. The summed E-state index contributed by atoms with van der Waals surface area (Å²) >= 11 is 0. The number of ether oxygens (including phenoxy) is 2. The van der Waals surface area contributed by atoms with Crippen molar-refractivity contribution in [2.45, 2.75) is 31.2 Å². The molecule has 3 rings (SSSR count). The largest absolute Gasteiger partial charge is 0.490 e. The lowest BCUT2D eigenvalue weighted by Crippen LogP contribution is -2.26. The maximum atomic E-state index is 12.9. The first kappa shape index (κ1) is 17.8. The van der Waals surface area contributed by atoms with Crippen molar-refractivity contribution >= 4 is 10.0 Å². The van der Waals surface area contributed by atoms with E-state index in [-0.39, 0.29) is 4.90 Å². The van der Waals surface area contributed by atoms with E-state index in [9.17, 15) is 8.42 Å². The Bertz CT molecular complexity index is 831. The van der Waals surface area contributed by atoms with E-state index in [0.717, 1.165) is 18.4 Å². The summed E-state index contributed by atoms with van der Waals surface area (Å²) in [5.74, 6) is 1.08. The maximum absolute atomic E-state index is 12.9. The fourth-order valence-electron chi connectivity index (χ4n) is 2.71. The fraction of sp³-hybridized carbons (Fsp3) is 0.368. The molecular formula is C19H23NO4S. The van der Waals surface area contributed by atoms with Crippen LogP contribution in [-0.4, -0.2) is 33.0 Å². The summed E-state index contributed by atoms with van der Waals surface area (Å²) in [4.78, 5) is 0.212. The Morgan fingerprint density at radius 1 is 0.960 bits per heavy atom. The van der Waals surface area contributed by atoms with Gasteiger partial charge in [-0.05, 0) is 29.7 Å². The third kappa shape index (κ3) is 3.96. The summed E-state index contributed by atoms with van der Waals surface area (Å²) < 4.78 is 38.2. The molecule has 0 amide bonds. The molecular weight excluding hydrogens is 338 g/mol. The highest BCUT2D eigenvalue weighted by molar-refractivity contribution is 7.89. The smallest absolute Gasteiger partial charge is 0.243 e. The molecule has 0 aliphatic carbocycles. The van der Waals surface area contributed by atoms with Gasteiger partial charge in [-0.25, -0.2) is 8.42 Å². The molecule has 0 bridgehead atoms. The zero-order valence-electron chi connectivity index (χ0n) is 14.6. The Morgan fingerprint density at radius 3 is 2.28 bits per heavy atom. The van der Waals surface area contributed by atoms with Crippen LogP contribution in [0.25, 0.3) is 0 Å². The van der Waals surface area contributed by atoms with Crippen LogP contribution in [0.3, 0.4) is 0 Å². The Balaban J connectivity index is 1.81. The lowest BCUT2D eigenvalue weighted by Gasteiger charge is -2.18. The summed E-state index contributed by atoms with van der Waals surface area (Å²) in [6.07, 6.45) is 1.75. The first-order chi connectivity index (χ1) is 12.0. The third-order valence-electron chi connectivity index (χ3n) is 4.26. The standard InChI is InChI=1S/C19H23NO4S/c1-3-15-5-7-16(8-6-15)14-20(2)25(21,22)17-9-10-18-19(13-17)24-12-4-11-23-18/h5-10,13H,3-4,11-12,14H2,1-2H3. The predicted molar refractivity (Wildman–Crippen MR) is 96.5 cm³/mol. The highest BCUT2D eigenvalue weighted by Crippen LogP contribution is 2.32. The number of aryl methyl sites for hydroxylation is 1. The van der Waals surface area contributed by atoms with Gasteiger partial charge in [0.15, 0.2) is 11.5 Å². The number of fused-ring (bicyclic) bond motifs is 1. The van der Waals surface area contributed by atoms with Crippen LogP contribution in [0.15, 0.2) is 47.4 Å². The molecule has 0 spiro atoms. The molecule has 25 heavy (non-hydrogen) atoms. The van der Waals surface area contributed by atoms with Crippen LogP contribution >= 0.6 is 0 Å². The van der Waals surface area contributed by atoms with E-state index in [1.165, 1.54) is 9.87 Å². The second-order valence-corrected chi connectivity index (χ2v) is 8.14. The van der Waals surface area contributed by atoms with Gasteiger partial charge in [-0.2, -0.15) is 4.31 Å². The molecule has 0 radical (unpaired) electrons. The van der Waals surface area contributed by atoms with E-state index < -0.39 is 10.0 Å². The van der Waals surface area contributed by atoms with Crippen LogP contribution < -0.4 is 9.47 Å². The monoisotopic (exact) mass is 361 g/mol. The number of rotatable bonds is 5. The first-order valence-electron chi connectivity index (χ1n) is 8.44. The summed E-state index contributed by atoms with van der Waals surface area (Å²) in [5, 5.41) is 0. The SMILES string of the molecule is CCc1ccc(CN(C)S(=O)(=O)c2ccc3c(c2)OCCCO3)cc1. The van der Waals surface area contributed by atoms with Gasteiger partial charge in [0.2, 0.25) is 10.0 Å². The van der Waals surface area contributed by atoms with Crippen molar-refractivity contribution in [2.75, 3.05) is 20.3 Å². The van der Waals surface area contributed by atoms with Crippen molar-refractivity contribution in [3.8, 4) is 11.5 Å². The van der Waals surface area contributed by atoms with Crippen LogP contribution in [0.5, 0.6) is 11.5 Å². The van der Waals surface area contributed by atoms with Gasteiger partial charge in [0.05, 0.1) is 18.1 Å². The summed E-state index contributed by atoms with van der Waals surface area (Å²) in [5.41, 5.74) is 2.19. The van der Waals surface area contributed by atoms with Gasteiger partial charge in [-0.3, -0.25) is 0 Å². The predicted octanol–water partition coefficient (Wildman–Crippen LogP) is 3.23. The van der Waals surface area contributed by atoms with Gasteiger partial charge in [-0.1, -0.05) is 31.2 Å². The zero-order chi connectivity index (χ0) is 17.9.